The molecule has 1 aliphatic carbocycles. The molecule has 112 valence electrons. The zero-order chi connectivity index (χ0) is 14.6. The molecule has 3 N–H and O–H groups in total. The number of nitrogen functional groups attached to an aromatic ring is 1. The molecule has 1 aromatic rings. The van der Waals surface area contributed by atoms with E-state index in [2.05, 4.69) is 34.3 Å². The number of nitrogens with one attached hydrogen (secondary N) is 1. The Morgan fingerprint density at radius 3 is 2.70 bits per heavy atom. The normalized spacial score (nSPS) is 17.0. The van der Waals surface area contributed by atoms with Gasteiger partial charge in [0.2, 0.25) is 0 Å². The van der Waals surface area contributed by atoms with Gasteiger partial charge in [0, 0.05) is 24.8 Å². The molecule has 0 aliphatic heterocycles. The molecular formula is C14H25N5O. The van der Waals surface area contributed by atoms with Gasteiger partial charge in [-0.25, -0.2) is 9.97 Å². The van der Waals surface area contributed by atoms with Crippen LogP contribution in [0.25, 0.3) is 0 Å². The van der Waals surface area contributed by atoms with Crippen molar-refractivity contribution in [2.24, 2.45) is 0 Å². The number of nitrogens with two attached hydrogens (primary N) is 1. The summed E-state index contributed by atoms with van der Waals surface area (Å²) in [5, 5.41) is 3.40. The zero-order valence-electron chi connectivity index (χ0n) is 12.6. The van der Waals surface area contributed by atoms with Crippen molar-refractivity contribution in [3.05, 3.63) is 11.9 Å². The molecule has 0 amide bonds. The lowest BCUT2D eigenvalue weighted by molar-refractivity contribution is 0.0738. The molecule has 0 bridgehead atoms. The Balaban J connectivity index is 2.00. The SMILES string of the molecule is CCOCc1nc(N)cc(NCC2(N(C)C)CCC2)n1. The van der Waals surface area contributed by atoms with Crippen molar-refractivity contribution in [1.82, 2.24) is 14.9 Å². The first-order chi connectivity index (χ1) is 9.55. The third-order valence-corrected chi connectivity index (χ3v) is 4.06. The average molecular weight is 279 g/mol. The van der Waals surface area contributed by atoms with E-state index < -0.39 is 0 Å². The maximum atomic E-state index is 5.82. The lowest BCUT2D eigenvalue weighted by atomic mass is 9.75. The summed E-state index contributed by atoms with van der Waals surface area (Å²) in [6.07, 6.45) is 3.74. The average Bonchev–Trinajstić information content (AvgIpc) is 2.34. The zero-order valence-corrected chi connectivity index (χ0v) is 12.6. The second-order valence-electron chi connectivity index (χ2n) is 5.56. The summed E-state index contributed by atoms with van der Waals surface area (Å²) in [7, 11) is 4.27. The Morgan fingerprint density at radius 1 is 1.40 bits per heavy atom. The van der Waals surface area contributed by atoms with E-state index in [9.17, 15) is 0 Å². The van der Waals surface area contributed by atoms with E-state index in [1.54, 1.807) is 6.07 Å². The van der Waals surface area contributed by atoms with Gasteiger partial charge in [0.25, 0.3) is 0 Å². The van der Waals surface area contributed by atoms with Crippen molar-refractivity contribution in [3.8, 4) is 0 Å². The van der Waals surface area contributed by atoms with Gasteiger partial charge in [-0.3, -0.25) is 0 Å². The van der Waals surface area contributed by atoms with Crippen molar-refractivity contribution < 1.29 is 4.74 Å². The van der Waals surface area contributed by atoms with Crippen LogP contribution in [0.2, 0.25) is 0 Å². The van der Waals surface area contributed by atoms with Crippen LogP contribution in [0.4, 0.5) is 11.6 Å². The minimum absolute atomic E-state index is 0.250. The van der Waals surface area contributed by atoms with Crippen molar-refractivity contribution in [1.29, 1.82) is 0 Å². The second-order valence-corrected chi connectivity index (χ2v) is 5.56. The second kappa shape index (κ2) is 6.37. The van der Waals surface area contributed by atoms with Gasteiger partial charge in [-0.05, 0) is 40.3 Å². The van der Waals surface area contributed by atoms with Gasteiger partial charge in [-0.2, -0.15) is 0 Å². The van der Waals surface area contributed by atoms with Crippen LogP contribution in [0.3, 0.4) is 0 Å². The molecule has 0 saturated heterocycles. The first-order valence-electron chi connectivity index (χ1n) is 7.18. The number of hydrogen-bond acceptors (Lipinski definition) is 6. The van der Waals surface area contributed by atoms with Gasteiger partial charge in [-0.15, -0.1) is 0 Å². The quantitative estimate of drug-likeness (QED) is 0.787. The highest BCUT2D eigenvalue weighted by Gasteiger charge is 2.38. The molecule has 1 aromatic heterocycles. The number of likely N-dealkylation sites (N-methyl/N-ethyl adjacent to an activating group) is 1. The first-order valence-corrected chi connectivity index (χ1v) is 7.18. The number of nitrogens with zero attached hydrogens (tertiary/aromatic N) is 3. The van der Waals surface area contributed by atoms with Crippen LogP contribution in [-0.2, 0) is 11.3 Å². The molecule has 1 heterocycles. The fraction of sp³-hybridized carbons (Fsp3) is 0.714. The summed E-state index contributed by atoms with van der Waals surface area (Å²) < 4.78 is 5.33. The summed E-state index contributed by atoms with van der Waals surface area (Å²) >= 11 is 0. The molecule has 0 aromatic carbocycles. The monoisotopic (exact) mass is 279 g/mol. The van der Waals surface area contributed by atoms with Gasteiger partial charge in [-0.1, -0.05) is 0 Å². The maximum absolute atomic E-state index is 5.82. The van der Waals surface area contributed by atoms with Crippen molar-refractivity contribution in [3.63, 3.8) is 0 Å². The number of anilines is 2. The van der Waals surface area contributed by atoms with E-state index in [0.29, 0.717) is 24.9 Å². The third kappa shape index (κ3) is 3.37. The van der Waals surface area contributed by atoms with Crippen LogP contribution >= 0.6 is 0 Å². The van der Waals surface area contributed by atoms with E-state index in [4.69, 9.17) is 10.5 Å². The van der Waals surface area contributed by atoms with Crippen LogP contribution in [-0.4, -0.2) is 47.7 Å². The molecule has 0 unspecified atom stereocenters. The van der Waals surface area contributed by atoms with Gasteiger partial charge in [0.1, 0.15) is 18.2 Å². The number of aromatic nitrogens is 2. The van der Waals surface area contributed by atoms with Crippen molar-refractivity contribution in [2.45, 2.75) is 38.3 Å². The van der Waals surface area contributed by atoms with Gasteiger partial charge in [0.15, 0.2) is 5.82 Å². The summed E-state index contributed by atoms with van der Waals surface area (Å²) in [6.45, 7) is 3.87. The summed E-state index contributed by atoms with van der Waals surface area (Å²) in [5.74, 6) is 1.88. The molecule has 20 heavy (non-hydrogen) atoms. The van der Waals surface area contributed by atoms with Gasteiger partial charge < -0.3 is 20.7 Å². The standard InChI is InChI=1S/C14H25N5O/c1-4-20-9-13-17-11(15)8-12(18-13)16-10-14(19(2)3)6-5-7-14/h8H,4-7,9-10H2,1-3H3,(H3,15,16,17,18). The molecule has 2 rings (SSSR count). The highest BCUT2D eigenvalue weighted by atomic mass is 16.5. The fourth-order valence-electron chi connectivity index (χ4n) is 2.49. The fourth-order valence-corrected chi connectivity index (χ4v) is 2.49. The minimum atomic E-state index is 0.250. The Hall–Kier alpha value is -1.40. The highest BCUT2D eigenvalue weighted by Crippen LogP contribution is 2.36. The Morgan fingerprint density at radius 2 is 2.15 bits per heavy atom. The summed E-state index contributed by atoms with van der Waals surface area (Å²) in [5.41, 5.74) is 6.07. The Kier molecular flexibility index (Phi) is 4.77. The highest BCUT2D eigenvalue weighted by molar-refractivity contribution is 5.45. The van der Waals surface area contributed by atoms with E-state index in [0.717, 1.165) is 12.4 Å². The van der Waals surface area contributed by atoms with Crippen molar-refractivity contribution >= 4 is 11.6 Å². The maximum Gasteiger partial charge on any atom is 0.158 e. The van der Waals surface area contributed by atoms with Crippen LogP contribution < -0.4 is 11.1 Å². The van der Waals surface area contributed by atoms with Crippen LogP contribution in [0, 0.1) is 0 Å². The lowest BCUT2D eigenvalue weighted by Crippen LogP contribution is -2.54. The predicted molar refractivity (Wildman–Crippen MR) is 80.5 cm³/mol. The van der Waals surface area contributed by atoms with Crippen LogP contribution in [0.15, 0.2) is 6.07 Å². The van der Waals surface area contributed by atoms with Crippen molar-refractivity contribution in [2.75, 3.05) is 38.3 Å². The summed E-state index contributed by atoms with van der Waals surface area (Å²) in [6, 6.07) is 1.78. The molecule has 0 radical (unpaired) electrons. The Bertz CT molecular complexity index is 445. The van der Waals surface area contributed by atoms with E-state index in [-0.39, 0.29) is 5.54 Å². The third-order valence-electron chi connectivity index (χ3n) is 4.06. The van der Waals surface area contributed by atoms with E-state index in [1.165, 1.54) is 19.3 Å². The van der Waals surface area contributed by atoms with E-state index >= 15 is 0 Å². The number of ether oxygens (including phenoxy) is 1. The number of rotatable bonds is 7. The smallest absolute Gasteiger partial charge is 0.158 e. The molecule has 1 saturated carbocycles. The topological polar surface area (TPSA) is 76.3 Å². The minimum Gasteiger partial charge on any atom is -0.384 e. The van der Waals surface area contributed by atoms with Crippen LogP contribution in [0.5, 0.6) is 0 Å². The molecule has 1 fully saturated rings. The number of hydrogen-bond donors (Lipinski definition) is 2. The predicted octanol–water partition coefficient (Wildman–Crippen LogP) is 1.49. The molecule has 0 spiro atoms. The summed E-state index contributed by atoms with van der Waals surface area (Å²) in [4.78, 5) is 10.9. The molecule has 6 nitrogen and oxygen atoms in total. The van der Waals surface area contributed by atoms with Crippen LogP contribution in [0.1, 0.15) is 32.0 Å². The molecule has 0 atom stereocenters. The largest absolute Gasteiger partial charge is 0.384 e. The van der Waals surface area contributed by atoms with Gasteiger partial charge in [0.05, 0.1) is 0 Å². The lowest BCUT2D eigenvalue weighted by Gasteiger charge is -2.47. The molecular weight excluding hydrogens is 254 g/mol. The van der Waals surface area contributed by atoms with E-state index in [1.807, 2.05) is 6.92 Å². The first kappa shape index (κ1) is 15.0. The van der Waals surface area contributed by atoms with Gasteiger partial charge >= 0.3 is 0 Å². The molecule has 1 aliphatic rings. The Labute approximate surface area is 120 Å². The molecule has 6 heteroatoms.